The predicted molar refractivity (Wildman–Crippen MR) is 151 cm³/mol. The molecule has 39 heavy (non-hydrogen) atoms. The number of fused-ring (bicyclic) bond motifs is 2. The Morgan fingerprint density at radius 3 is 2.41 bits per heavy atom. The standard InChI is InChI=1S/C29H29N3O5S2/c1-17-10-12-18(13-11-17)32-26(34)23-22(19-8-4-5-9-20(19)37-2)25-28(38-24(23)27(32)35)31(29(36)39-25)16-21(33)30-14-6-3-7-15-30/h4-5,8-13,22-24H,3,6-7,14-16H2,1-2H3/t22-,23?,24?/m1/s1. The smallest absolute Gasteiger partial charge is 0.308 e. The Morgan fingerprint density at radius 1 is 0.974 bits per heavy atom. The van der Waals surface area contributed by atoms with E-state index in [9.17, 15) is 19.2 Å². The number of methoxy groups -OCH3 is 1. The lowest BCUT2D eigenvalue weighted by atomic mass is 9.82. The Balaban J connectivity index is 1.46. The first-order valence-corrected chi connectivity index (χ1v) is 14.8. The Labute approximate surface area is 234 Å². The molecule has 202 valence electrons. The monoisotopic (exact) mass is 563 g/mol. The number of imide groups is 1. The number of carbonyl (C=O) groups is 3. The van der Waals surface area contributed by atoms with Gasteiger partial charge in [0, 0.05) is 29.4 Å². The molecular formula is C29H29N3O5S2. The van der Waals surface area contributed by atoms with Gasteiger partial charge in [-0.15, -0.1) is 0 Å². The van der Waals surface area contributed by atoms with Gasteiger partial charge in [-0.05, 0) is 44.4 Å². The molecule has 0 bridgehead atoms. The third-order valence-electron chi connectivity index (χ3n) is 7.82. The highest BCUT2D eigenvalue weighted by molar-refractivity contribution is 8.00. The highest BCUT2D eigenvalue weighted by Crippen LogP contribution is 2.55. The van der Waals surface area contributed by atoms with Gasteiger partial charge in [0.05, 0.1) is 23.7 Å². The van der Waals surface area contributed by atoms with Crippen LogP contribution in [0.25, 0.3) is 0 Å². The van der Waals surface area contributed by atoms with E-state index in [0.29, 0.717) is 34.4 Å². The molecule has 0 radical (unpaired) electrons. The summed E-state index contributed by atoms with van der Waals surface area (Å²) in [5.41, 5.74) is 2.31. The van der Waals surface area contributed by atoms with Crippen molar-refractivity contribution in [3.63, 3.8) is 0 Å². The largest absolute Gasteiger partial charge is 0.496 e. The molecule has 10 heteroatoms. The lowest BCUT2D eigenvalue weighted by Gasteiger charge is -2.32. The van der Waals surface area contributed by atoms with Crippen molar-refractivity contribution in [2.75, 3.05) is 25.1 Å². The van der Waals surface area contributed by atoms with Gasteiger partial charge in [0.15, 0.2) is 0 Å². The summed E-state index contributed by atoms with van der Waals surface area (Å²) in [6, 6.07) is 14.8. The minimum absolute atomic E-state index is 0.0719. The van der Waals surface area contributed by atoms with Gasteiger partial charge in [0.25, 0.3) is 0 Å². The number of hydrogen-bond acceptors (Lipinski definition) is 7. The number of para-hydroxylation sites is 1. The molecule has 2 aromatic carbocycles. The van der Waals surface area contributed by atoms with Crippen molar-refractivity contribution >= 4 is 46.5 Å². The van der Waals surface area contributed by atoms with E-state index < -0.39 is 17.1 Å². The number of ether oxygens (including phenoxy) is 1. The Bertz CT molecular complexity index is 1510. The van der Waals surface area contributed by atoms with Gasteiger partial charge in [0.2, 0.25) is 17.7 Å². The molecule has 0 saturated carbocycles. The lowest BCUT2D eigenvalue weighted by Crippen LogP contribution is -2.39. The summed E-state index contributed by atoms with van der Waals surface area (Å²) in [5, 5.41) is -0.133. The van der Waals surface area contributed by atoms with E-state index in [1.54, 1.807) is 19.2 Å². The maximum atomic E-state index is 14.0. The molecule has 2 saturated heterocycles. The predicted octanol–water partition coefficient (Wildman–Crippen LogP) is 4.04. The zero-order valence-electron chi connectivity index (χ0n) is 21.8. The second-order valence-electron chi connectivity index (χ2n) is 10.2. The van der Waals surface area contributed by atoms with E-state index in [1.807, 2.05) is 48.2 Å². The van der Waals surface area contributed by atoms with Gasteiger partial charge >= 0.3 is 4.87 Å². The normalized spacial score (nSPS) is 22.6. The molecule has 0 spiro atoms. The Morgan fingerprint density at radius 2 is 1.69 bits per heavy atom. The number of carbonyl (C=O) groups excluding carboxylic acids is 3. The molecular weight excluding hydrogens is 534 g/mol. The third-order valence-corrected chi connectivity index (χ3v) is 10.4. The second kappa shape index (κ2) is 10.3. The van der Waals surface area contributed by atoms with Crippen LogP contribution >= 0.6 is 23.1 Å². The van der Waals surface area contributed by atoms with Crippen LogP contribution in [-0.2, 0) is 20.9 Å². The maximum absolute atomic E-state index is 14.0. The molecule has 0 aliphatic carbocycles. The molecule has 8 nitrogen and oxygen atoms in total. The summed E-state index contributed by atoms with van der Waals surface area (Å²) in [6.07, 6.45) is 3.02. The molecule has 3 amide bonds. The molecule has 6 rings (SSSR count). The van der Waals surface area contributed by atoms with E-state index in [2.05, 4.69) is 0 Å². The van der Waals surface area contributed by atoms with Gasteiger partial charge < -0.3 is 9.64 Å². The quantitative estimate of drug-likeness (QED) is 0.436. The van der Waals surface area contributed by atoms with E-state index in [0.717, 1.165) is 41.7 Å². The average molecular weight is 564 g/mol. The number of aryl methyl sites for hydroxylation is 1. The first-order chi connectivity index (χ1) is 18.9. The van der Waals surface area contributed by atoms with E-state index >= 15 is 0 Å². The summed E-state index contributed by atoms with van der Waals surface area (Å²) in [4.78, 5) is 57.9. The molecule has 0 N–H and O–H groups in total. The summed E-state index contributed by atoms with van der Waals surface area (Å²) in [7, 11) is 1.57. The van der Waals surface area contributed by atoms with Crippen LogP contribution in [0.3, 0.4) is 0 Å². The summed E-state index contributed by atoms with van der Waals surface area (Å²) in [6.45, 7) is 3.27. The fraction of sp³-hybridized carbons (Fsp3) is 0.379. The number of amides is 3. The minimum atomic E-state index is -0.730. The fourth-order valence-corrected chi connectivity index (χ4v) is 8.60. The number of nitrogens with zero attached hydrogens (tertiary/aromatic N) is 3. The van der Waals surface area contributed by atoms with Gasteiger partial charge in [-0.1, -0.05) is 59.0 Å². The number of thiazole rings is 1. The number of rotatable bonds is 5. The van der Waals surface area contributed by atoms with Gasteiger partial charge in [-0.3, -0.25) is 23.7 Å². The average Bonchev–Trinajstić information content (AvgIpc) is 3.40. The van der Waals surface area contributed by atoms with Crippen LogP contribution in [0.2, 0.25) is 0 Å². The van der Waals surface area contributed by atoms with Crippen molar-refractivity contribution in [3.05, 3.63) is 74.2 Å². The number of thioether (sulfide) groups is 1. The first-order valence-electron chi connectivity index (χ1n) is 13.1. The van der Waals surface area contributed by atoms with Crippen LogP contribution in [0, 0.1) is 12.8 Å². The molecule has 4 heterocycles. The van der Waals surface area contributed by atoms with Gasteiger partial charge in [0.1, 0.15) is 17.5 Å². The number of hydrogen-bond donors (Lipinski definition) is 0. The van der Waals surface area contributed by atoms with Crippen LogP contribution in [0.5, 0.6) is 5.75 Å². The zero-order valence-corrected chi connectivity index (χ0v) is 23.4. The van der Waals surface area contributed by atoms with Crippen LogP contribution in [0.15, 0.2) is 58.4 Å². The van der Waals surface area contributed by atoms with Crippen LogP contribution in [-0.4, -0.2) is 52.6 Å². The summed E-state index contributed by atoms with van der Waals surface area (Å²) >= 11 is 2.30. The van der Waals surface area contributed by atoms with Crippen molar-refractivity contribution in [2.24, 2.45) is 5.92 Å². The Hall–Kier alpha value is -3.37. The highest BCUT2D eigenvalue weighted by Gasteiger charge is 2.57. The highest BCUT2D eigenvalue weighted by atomic mass is 32.2. The molecule has 1 aromatic heterocycles. The number of piperidine rings is 1. The number of benzene rings is 2. The maximum Gasteiger partial charge on any atom is 0.308 e. The van der Waals surface area contributed by atoms with E-state index in [4.69, 9.17) is 4.74 Å². The molecule has 3 atom stereocenters. The fourth-order valence-electron chi connectivity index (χ4n) is 5.84. The molecule has 3 aliphatic heterocycles. The first kappa shape index (κ1) is 25.9. The summed E-state index contributed by atoms with van der Waals surface area (Å²) < 4.78 is 7.18. The molecule has 3 aromatic rings. The van der Waals surface area contributed by atoms with E-state index in [1.165, 1.54) is 21.2 Å². The van der Waals surface area contributed by atoms with Crippen molar-refractivity contribution in [2.45, 2.75) is 48.9 Å². The van der Waals surface area contributed by atoms with Gasteiger partial charge in [-0.2, -0.15) is 0 Å². The van der Waals surface area contributed by atoms with Gasteiger partial charge in [-0.25, -0.2) is 4.90 Å². The zero-order chi connectivity index (χ0) is 27.3. The van der Waals surface area contributed by atoms with Crippen LogP contribution in [0.1, 0.15) is 41.2 Å². The topological polar surface area (TPSA) is 88.9 Å². The molecule has 2 fully saturated rings. The number of aromatic nitrogens is 1. The number of anilines is 1. The van der Waals surface area contributed by atoms with Crippen molar-refractivity contribution < 1.29 is 19.1 Å². The van der Waals surface area contributed by atoms with E-state index in [-0.39, 0.29) is 29.1 Å². The van der Waals surface area contributed by atoms with Crippen LogP contribution in [0.4, 0.5) is 5.69 Å². The Kier molecular flexibility index (Phi) is 6.84. The second-order valence-corrected chi connectivity index (χ2v) is 12.3. The summed E-state index contributed by atoms with van der Waals surface area (Å²) in [5.74, 6) is -1.37. The SMILES string of the molecule is COc1ccccc1[C@H]1c2sc(=O)n(CC(=O)N3CCCCC3)c2SC2C(=O)N(c3ccc(C)cc3)C(=O)C21. The van der Waals surface area contributed by atoms with Crippen molar-refractivity contribution in [1.29, 1.82) is 0 Å². The molecule has 3 aliphatic rings. The van der Waals surface area contributed by atoms with Crippen molar-refractivity contribution in [1.82, 2.24) is 9.47 Å². The van der Waals surface area contributed by atoms with Crippen LogP contribution < -0.4 is 14.5 Å². The minimum Gasteiger partial charge on any atom is -0.496 e. The molecule has 2 unspecified atom stereocenters. The lowest BCUT2D eigenvalue weighted by molar-refractivity contribution is -0.133. The third kappa shape index (κ3) is 4.39. The number of likely N-dealkylation sites (tertiary alicyclic amines) is 1. The van der Waals surface area contributed by atoms with Crippen molar-refractivity contribution in [3.8, 4) is 5.75 Å².